The van der Waals surface area contributed by atoms with E-state index in [0.717, 1.165) is 17.7 Å². The Hall–Kier alpha value is -1.58. The van der Waals surface area contributed by atoms with Crippen molar-refractivity contribution in [1.29, 1.82) is 0 Å². The second kappa shape index (κ2) is 7.58. The highest BCUT2D eigenvalue weighted by atomic mass is 32.2. The predicted octanol–water partition coefficient (Wildman–Crippen LogP) is 1.72. The third kappa shape index (κ3) is 3.74. The molecule has 0 aliphatic carbocycles. The van der Waals surface area contributed by atoms with Crippen LogP contribution in [0.15, 0.2) is 28.0 Å². The Labute approximate surface area is 157 Å². The Morgan fingerprint density at radius 2 is 2.00 bits per heavy atom. The number of hydrogen-bond donors (Lipinski definition) is 0. The molecule has 1 aromatic rings. The zero-order valence-electron chi connectivity index (χ0n) is 14.8. The van der Waals surface area contributed by atoms with Gasteiger partial charge >= 0.3 is 5.97 Å². The smallest absolute Gasteiger partial charge is 0.325 e. The van der Waals surface area contributed by atoms with Crippen molar-refractivity contribution in [3.63, 3.8) is 0 Å². The summed E-state index contributed by atoms with van der Waals surface area (Å²) >= 11 is 1.34. The lowest BCUT2D eigenvalue weighted by atomic mass is 10.0. The number of thioether (sulfide) groups is 1. The van der Waals surface area contributed by atoms with Gasteiger partial charge in [-0.15, -0.1) is 11.8 Å². The molecule has 0 unspecified atom stereocenters. The number of hydrogen-bond acceptors (Lipinski definition) is 6. The summed E-state index contributed by atoms with van der Waals surface area (Å²) in [4.78, 5) is 26.1. The van der Waals surface area contributed by atoms with Crippen LogP contribution in [0.2, 0.25) is 0 Å². The highest BCUT2D eigenvalue weighted by Gasteiger charge is 2.32. The quantitative estimate of drug-likeness (QED) is 0.718. The molecule has 9 heteroatoms. The summed E-state index contributed by atoms with van der Waals surface area (Å²) in [6.45, 7) is 2.89. The number of methoxy groups -OCH3 is 1. The summed E-state index contributed by atoms with van der Waals surface area (Å²) in [5.74, 6) is -0.0570. The minimum atomic E-state index is -3.62. The molecule has 0 aromatic heterocycles. The molecule has 1 fully saturated rings. The van der Waals surface area contributed by atoms with Crippen LogP contribution >= 0.6 is 11.8 Å². The first-order valence-electron chi connectivity index (χ1n) is 8.47. The van der Waals surface area contributed by atoms with Crippen molar-refractivity contribution >= 4 is 39.3 Å². The number of ether oxygens (including phenoxy) is 1. The molecule has 2 aliphatic heterocycles. The molecule has 3 rings (SSSR count). The van der Waals surface area contributed by atoms with Crippen LogP contribution in [-0.4, -0.2) is 57.1 Å². The largest absolute Gasteiger partial charge is 0.468 e. The molecule has 2 aliphatic rings. The van der Waals surface area contributed by atoms with Gasteiger partial charge in [0.25, 0.3) is 0 Å². The fourth-order valence-electron chi connectivity index (χ4n) is 3.08. The van der Waals surface area contributed by atoms with Crippen molar-refractivity contribution in [3.8, 4) is 0 Å². The molecule has 0 bridgehead atoms. The number of carbonyl (C=O) groups excluding carboxylic acids is 2. The van der Waals surface area contributed by atoms with Crippen molar-refractivity contribution < 1.29 is 22.7 Å². The van der Waals surface area contributed by atoms with Gasteiger partial charge in [0.15, 0.2) is 0 Å². The van der Waals surface area contributed by atoms with Crippen LogP contribution in [0.4, 0.5) is 5.69 Å². The van der Waals surface area contributed by atoms with Crippen LogP contribution in [0.5, 0.6) is 0 Å². The molecular formula is C17H22N2O5S2. The number of piperidine rings is 1. The molecule has 142 valence electrons. The van der Waals surface area contributed by atoms with Crippen molar-refractivity contribution in [2.75, 3.05) is 37.4 Å². The van der Waals surface area contributed by atoms with E-state index in [1.807, 2.05) is 0 Å². The van der Waals surface area contributed by atoms with E-state index in [-0.39, 0.29) is 23.1 Å². The van der Waals surface area contributed by atoms with Gasteiger partial charge in [-0.05, 0) is 37.0 Å². The van der Waals surface area contributed by atoms with Crippen LogP contribution in [0.25, 0.3) is 0 Å². The SMILES string of the molecule is COC(=O)CN1C(=O)CSc2ccc(S(=O)(=O)N3CCC(C)CC3)cc21. The predicted molar refractivity (Wildman–Crippen MR) is 98.7 cm³/mol. The van der Waals surface area contributed by atoms with E-state index in [1.54, 1.807) is 12.1 Å². The van der Waals surface area contributed by atoms with Gasteiger partial charge < -0.3 is 4.74 Å². The molecular weight excluding hydrogens is 376 g/mol. The number of sulfonamides is 1. The van der Waals surface area contributed by atoms with Gasteiger partial charge in [0, 0.05) is 18.0 Å². The Bertz CT molecular complexity index is 816. The van der Waals surface area contributed by atoms with E-state index in [9.17, 15) is 18.0 Å². The molecule has 0 radical (unpaired) electrons. The molecule has 2 heterocycles. The normalized spacial score (nSPS) is 19.3. The molecule has 26 heavy (non-hydrogen) atoms. The first-order valence-corrected chi connectivity index (χ1v) is 10.9. The van der Waals surface area contributed by atoms with Crippen LogP contribution in [-0.2, 0) is 24.3 Å². The fraction of sp³-hybridized carbons (Fsp3) is 0.529. The molecule has 0 spiro atoms. The lowest BCUT2D eigenvalue weighted by Crippen LogP contribution is -2.40. The van der Waals surface area contributed by atoms with Crippen LogP contribution in [0, 0.1) is 5.92 Å². The number of carbonyl (C=O) groups is 2. The molecule has 0 saturated carbocycles. The lowest BCUT2D eigenvalue weighted by molar-refractivity contribution is -0.139. The number of amides is 1. The van der Waals surface area contributed by atoms with Crippen molar-refractivity contribution in [1.82, 2.24) is 4.31 Å². The van der Waals surface area contributed by atoms with E-state index in [0.29, 0.717) is 24.7 Å². The van der Waals surface area contributed by atoms with Gasteiger partial charge in [0.2, 0.25) is 15.9 Å². The Balaban J connectivity index is 1.94. The summed E-state index contributed by atoms with van der Waals surface area (Å²) in [5, 5.41) is 0. The van der Waals surface area contributed by atoms with E-state index in [1.165, 1.54) is 34.1 Å². The van der Waals surface area contributed by atoms with E-state index in [2.05, 4.69) is 11.7 Å². The zero-order valence-corrected chi connectivity index (χ0v) is 16.4. The molecule has 0 N–H and O–H groups in total. The number of esters is 1. The first-order chi connectivity index (χ1) is 12.3. The number of rotatable bonds is 4. The monoisotopic (exact) mass is 398 g/mol. The second-order valence-electron chi connectivity index (χ2n) is 6.56. The fourth-order valence-corrected chi connectivity index (χ4v) is 5.49. The van der Waals surface area contributed by atoms with Gasteiger partial charge in [-0.1, -0.05) is 6.92 Å². The highest BCUT2D eigenvalue weighted by molar-refractivity contribution is 8.00. The van der Waals surface area contributed by atoms with Gasteiger partial charge in [-0.2, -0.15) is 4.31 Å². The maximum atomic E-state index is 13.0. The number of fused-ring (bicyclic) bond motifs is 1. The molecule has 0 atom stereocenters. The van der Waals surface area contributed by atoms with E-state index in [4.69, 9.17) is 0 Å². The van der Waals surface area contributed by atoms with E-state index >= 15 is 0 Å². The Morgan fingerprint density at radius 1 is 1.31 bits per heavy atom. The van der Waals surface area contributed by atoms with Gasteiger partial charge in [-0.25, -0.2) is 8.42 Å². The van der Waals surface area contributed by atoms with Crippen LogP contribution < -0.4 is 4.90 Å². The molecule has 1 saturated heterocycles. The number of benzene rings is 1. The summed E-state index contributed by atoms with van der Waals surface area (Å²) in [6, 6.07) is 4.77. The Kier molecular flexibility index (Phi) is 5.59. The summed E-state index contributed by atoms with van der Waals surface area (Å²) in [5.41, 5.74) is 0.447. The van der Waals surface area contributed by atoms with Crippen LogP contribution in [0.3, 0.4) is 0 Å². The van der Waals surface area contributed by atoms with Crippen molar-refractivity contribution in [2.45, 2.75) is 29.6 Å². The van der Waals surface area contributed by atoms with Gasteiger partial charge in [0.1, 0.15) is 6.54 Å². The molecule has 7 nitrogen and oxygen atoms in total. The first kappa shape index (κ1) is 19.2. The number of nitrogens with zero attached hydrogens (tertiary/aromatic N) is 2. The highest BCUT2D eigenvalue weighted by Crippen LogP contribution is 2.37. The Morgan fingerprint density at radius 3 is 2.65 bits per heavy atom. The average Bonchev–Trinajstić information content (AvgIpc) is 2.63. The lowest BCUT2D eigenvalue weighted by Gasteiger charge is -2.31. The second-order valence-corrected chi connectivity index (χ2v) is 9.52. The van der Waals surface area contributed by atoms with Crippen molar-refractivity contribution in [3.05, 3.63) is 18.2 Å². The molecule has 1 aromatic carbocycles. The zero-order chi connectivity index (χ0) is 18.9. The van der Waals surface area contributed by atoms with Gasteiger partial charge in [0.05, 0.1) is 23.4 Å². The maximum Gasteiger partial charge on any atom is 0.325 e. The number of anilines is 1. The topological polar surface area (TPSA) is 84.0 Å². The maximum absolute atomic E-state index is 13.0. The summed E-state index contributed by atoms with van der Waals surface area (Å²) in [6.07, 6.45) is 1.68. The third-order valence-corrected chi connectivity index (χ3v) is 7.71. The standard InChI is InChI=1S/C17H22N2O5S2/c1-12-5-7-18(8-6-12)26(22,23)13-3-4-15-14(9-13)19(10-17(21)24-2)16(20)11-25-15/h3-4,9,12H,5-8,10-11H2,1-2H3. The van der Waals surface area contributed by atoms with E-state index < -0.39 is 16.0 Å². The van der Waals surface area contributed by atoms with Crippen molar-refractivity contribution in [2.24, 2.45) is 5.92 Å². The minimum Gasteiger partial charge on any atom is -0.468 e. The van der Waals surface area contributed by atoms with Crippen LogP contribution in [0.1, 0.15) is 19.8 Å². The van der Waals surface area contributed by atoms with Gasteiger partial charge in [-0.3, -0.25) is 14.5 Å². The summed E-state index contributed by atoms with van der Waals surface area (Å²) in [7, 11) is -2.37. The summed E-state index contributed by atoms with van der Waals surface area (Å²) < 4.78 is 32.1. The average molecular weight is 399 g/mol. The molecule has 1 amide bonds. The minimum absolute atomic E-state index is 0.149. The third-order valence-electron chi connectivity index (χ3n) is 4.77.